The summed E-state index contributed by atoms with van der Waals surface area (Å²) in [5, 5.41) is 6.22. The quantitative estimate of drug-likeness (QED) is 0.866. The van der Waals surface area contributed by atoms with Crippen LogP contribution in [-0.2, 0) is 17.9 Å². The molecule has 2 heterocycles. The molecule has 0 bridgehead atoms. The lowest BCUT2D eigenvalue weighted by atomic mass is 10.1. The van der Waals surface area contributed by atoms with E-state index in [9.17, 15) is 4.79 Å². The predicted molar refractivity (Wildman–Crippen MR) is 80.6 cm³/mol. The minimum Gasteiger partial charge on any atom is -0.352 e. The van der Waals surface area contributed by atoms with Gasteiger partial charge in [0, 0.05) is 32.0 Å². The first-order chi connectivity index (χ1) is 10.3. The van der Waals surface area contributed by atoms with Crippen molar-refractivity contribution in [2.45, 2.75) is 19.5 Å². The zero-order valence-electron chi connectivity index (χ0n) is 12.0. The normalized spacial score (nSPS) is 17.8. The number of aromatic nitrogens is 2. The largest absolute Gasteiger partial charge is 0.352 e. The number of nitrogens with one attached hydrogen (secondary N) is 2. The second kappa shape index (κ2) is 6.54. The molecule has 0 radical (unpaired) electrons. The van der Waals surface area contributed by atoms with E-state index < -0.39 is 0 Å². The molecule has 1 aromatic carbocycles. The van der Waals surface area contributed by atoms with Gasteiger partial charge in [0.05, 0.1) is 12.2 Å². The Labute approximate surface area is 124 Å². The van der Waals surface area contributed by atoms with E-state index in [4.69, 9.17) is 0 Å². The van der Waals surface area contributed by atoms with Crippen LogP contribution in [0.2, 0.25) is 0 Å². The molecule has 1 unspecified atom stereocenters. The molecule has 110 valence electrons. The third-order valence-corrected chi connectivity index (χ3v) is 3.85. The highest BCUT2D eigenvalue weighted by molar-refractivity contribution is 5.79. The summed E-state index contributed by atoms with van der Waals surface area (Å²) in [5.41, 5.74) is 2.35. The van der Waals surface area contributed by atoms with Crippen LogP contribution in [0.3, 0.4) is 0 Å². The number of hydrogen-bond acceptors (Lipinski definition) is 3. The molecular weight excluding hydrogens is 264 g/mol. The fourth-order valence-electron chi connectivity index (χ4n) is 2.57. The van der Waals surface area contributed by atoms with Crippen LogP contribution >= 0.6 is 0 Å². The Hall–Kier alpha value is -2.14. The third-order valence-electron chi connectivity index (χ3n) is 3.85. The van der Waals surface area contributed by atoms with Crippen molar-refractivity contribution in [3.63, 3.8) is 0 Å². The number of carbonyl (C=O) groups excluding carboxylic acids is 1. The van der Waals surface area contributed by atoms with Crippen LogP contribution in [0.5, 0.6) is 0 Å². The third kappa shape index (κ3) is 3.70. The highest BCUT2D eigenvalue weighted by Crippen LogP contribution is 2.09. The molecule has 1 fully saturated rings. The van der Waals surface area contributed by atoms with Crippen LogP contribution in [-0.4, -0.2) is 28.5 Å². The summed E-state index contributed by atoms with van der Waals surface area (Å²) in [7, 11) is 0. The number of imidazole rings is 1. The maximum absolute atomic E-state index is 11.9. The second-order valence-electron chi connectivity index (χ2n) is 5.46. The van der Waals surface area contributed by atoms with Crippen LogP contribution in [0.4, 0.5) is 0 Å². The Balaban J connectivity index is 1.51. The molecular formula is C16H20N4O. The van der Waals surface area contributed by atoms with E-state index in [0.29, 0.717) is 6.54 Å². The first-order valence-electron chi connectivity index (χ1n) is 7.33. The van der Waals surface area contributed by atoms with E-state index in [-0.39, 0.29) is 11.8 Å². The monoisotopic (exact) mass is 284 g/mol. The molecule has 5 heteroatoms. The molecule has 2 aromatic rings. The molecule has 21 heavy (non-hydrogen) atoms. The molecule has 1 aliphatic heterocycles. The average molecular weight is 284 g/mol. The molecule has 1 aromatic heterocycles. The standard InChI is InChI=1S/C16H20N4O/c21-16(15-5-6-17-10-15)19-9-13-1-3-14(4-2-13)11-20-8-7-18-12-20/h1-4,7-8,12,15,17H,5-6,9-11H2,(H,19,21). The van der Waals surface area contributed by atoms with E-state index in [2.05, 4.69) is 39.9 Å². The summed E-state index contributed by atoms with van der Waals surface area (Å²) >= 11 is 0. The van der Waals surface area contributed by atoms with Crippen molar-refractivity contribution in [1.29, 1.82) is 0 Å². The zero-order chi connectivity index (χ0) is 14.5. The lowest BCUT2D eigenvalue weighted by molar-refractivity contribution is -0.124. The van der Waals surface area contributed by atoms with Gasteiger partial charge in [0.1, 0.15) is 0 Å². The highest BCUT2D eigenvalue weighted by atomic mass is 16.1. The molecule has 1 saturated heterocycles. The Morgan fingerprint density at radius 1 is 1.33 bits per heavy atom. The number of rotatable bonds is 5. The molecule has 0 spiro atoms. The minimum absolute atomic E-state index is 0.130. The molecule has 1 amide bonds. The Morgan fingerprint density at radius 3 is 2.81 bits per heavy atom. The molecule has 2 N–H and O–H groups in total. The Morgan fingerprint density at radius 2 is 2.14 bits per heavy atom. The van der Waals surface area contributed by atoms with Gasteiger partial charge in [0.25, 0.3) is 0 Å². The Bertz CT molecular complexity index is 571. The van der Waals surface area contributed by atoms with E-state index >= 15 is 0 Å². The van der Waals surface area contributed by atoms with E-state index in [0.717, 1.165) is 31.6 Å². The van der Waals surface area contributed by atoms with Crippen LogP contribution in [0.1, 0.15) is 17.5 Å². The van der Waals surface area contributed by atoms with Crippen LogP contribution in [0.15, 0.2) is 43.0 Å². The maximum atomic E-state index is 11.9. The van der Waals surface area contributed by atoms with Gasteiger partial charge >= 0.3 is 0 Å². The zero-order valence-corrected chi connectivity index (χ0v) is 12.0. The summed E-state index contributed by atoms with van der Waals surface area (Å²) < 4.78 is 2.03. The summed E-state index contributed by atoms with van der Waals surface area (Å²) in [6.07, 6.45) is 6.48. The molecule has 5 nitrogen and oxygen atoms in total. The SMILES string of the molecule is O=C(NCc1ccc(Cn2ccnc2)cc1)C1CCNC1. The number of nitrogens with zero attached hydrogens (tertiary/aromatic N) is 2. The average Bonchev–Trinajstić information content (AvgIpc) is 3.19. The van der Waals surface area contributed by atoms with Crippen molar-refractivity contribution >= 4 is 5.91 Å². The van der Waals surface area contributed by atoms with Gasteiger partial charge in [-0.05, 0) is 24.1 Å². The van der Waals surface area contributed by atoms with Crippen molar-refractivity contribution in [3.05, 3.63) is 54.1 Å². The number of hydrogen-bond donors (Lipinski definition) is 2. The Kier molecular flexibility index (Phi) is 4.31. The first kappa shape index (κ1) is 13.8. The molecule has 1 aliphatic rings. The molecule has 1 atom stereocenters. The van der Waals surface area contributed by atoms with Crippen molar-refractivity contribution in [2.24, 2.45) is 5.92 Å². The van der Waals surface area contributed by atoms with Gasteiger partial charge in [-0.15, -0.1) is 0 Å². The summed E-state index contributed by atoms with van der Waals surface area (Å²) in [5.74, 6) is 0.285. The van der Waals surface area contributed by atoms with Crippen LogP contribution in [0, 0.1) is 5.92 Å². The summed E-state index contributed by atoms with van der Waals surface area (Å²) in [4.78, 5) is 16.0. The van der Waals surface area contributed by atoms with Gasteiger partial charge in [-0.1, -0.05) is 24.3 Å². The van der Waals surface area contributed by atoms with Crippen molar-refractivity contribution in [3.8, 4) is 0 Å². The van der Waals surface area contributed by atoms with Crippen LogP contribution in [0.25, 0.3) is 0 Å². The lowest BCUT2D eigenvalue weighted by Crippen LogP contribution is -2.31. The maximum Gasteiger partial charge on any atom is 0.224 e. The molecule has 0 aliphatic carbocycles. The van der Waals surface area contributed by atoms with Crippen molar-refractivity contribution in [2.75, 3.05) is 13.1 Å². The van der Waals surface area contributed by atoms with Gasteiger partial charge in [0.2, 0.25) is 5.91 Å². The second-order valence-corrected chi connectivity index (χ2v) is 5.46. The molecule has 3 rings (SSSR count). The fourth-order valence-corrected chi connectivity index (χ4v) is 2.57. The van der Waals surface area contributed by atoms with Gasteiger partial charge in [-0.3, -0.25) is 4.79 Å². The highest BCUT2D eigenvalue weighted by Gasteiger charge is 2.21. The summed E-state index contributed by atoms with van der Waals surface area (Å²) in [6.45, 7) is 3.16. The summed E-state index contributed by atoms with van der Waals surface area (Å²) in [6, 6.07) is 8.33. The number of amides is 1. The fraction of sp³-hybridized carbons (Fsp3) is 0.375. The van der Waals surface area contributed by atoms with E-state index in [1.807, 2.05) is 17.1 Å². The van der Waals surface area contributed by atoms with Gasteiger partial charge < -0.3 is 15.2 Å². The van der Waals surface area contributed by atoms with Gasteiger partial charge in [-0.2, -0.15) is 0 Å². The van der Waals surface area contributed by atoms with Crippen LogP contribution < -0.4 is 10.6 Å². The smallest absolute Gasteiger partial charge is 0.224 e. The van der Waals surface area contributed by atoms with Crippen molar-refractivity contribution in [1.82, 2.24) is 20.2 Å². The van der Waals surface area contributed by atoms with Gasteiger partial charge in [0.15, 0.2) is 0 Å². The lowest BCUT2D eigenvalue weighted by Gasteiger charge is -2.10. The van der Waals surface area contributed by atoms with E-state index in [1.165, 1.54) is 5.56 Å². The number of carbonyl (C=O) groups is 1. The minimum atomic E-state index is 0.130. The van der Waals surface area contributed by atoms with Gasteiger partial charge in [-0.25, -0.2) is 4.98 Å². The predicted octanol–water partition coefficient (Wildman–Crippen LogP) is 1.16. The molecule has 0 saturated carbocycles. The topological polar surface area (TPSA) is 59.0 Å². The first-order valence-corrected chi connectivity index (χ1v) is 7.33. The van der Waals surface area contributed by atoms with E-state index in [1.54, 1.807) is 6.20 Å². The van der Waals surface area contributed by atoms with Crippen molar-refractivity contribution < 1.29 is 4.79 Å². The number of benzene rings is 1.